The van der Waals surface area contributed by atoms with Gasteiger partial charge in [0.25, 0.3) is 5.91 Å². The molecule has 8 heteroatoms. The molecule has 1 fully saturated rings. The van der Waals surface area contributed by atoms with Crippen LogP contribution in [0, 0.1) is 0 Å². The number of alkyl carbamates (subject to hydrolysis) is 1. The Kier molecular flexibility index (Phi) is 5.53. The molecule has 0 aliphatic carbocycles. The number of nitrogens with zero attached hydrogens (tertiary/aromatic N) is 2. The molecule has 3 N–H and O–H groups in total. The van der Waals surface area contributed by atoms with Gasteiger partial charge in [-0.2, -0.15) is 0 Å². The number of hydrogen-bond donors (Lipinski definition) is 2. The van der Waals surface area contributed by atoms with Crippen molar-refractivity contribution in [3.8, 4) is 0 Å². The second-order valence-electron chi connectivity index (χ2n) is 5.13. The lowest BCUT2D eigenvalue weighted by molar-refractivity contribution is -0.136. The maximum Gasteiger partial charge on any atom is 0.407 e. The Labute approximate surface area is 134 Å². The Hall–Kier alpha value is -2.61. The highest BCUT2D eigenvalue weighted by molar-refractivity contribution is 5.99. The number of nitrogens with one attached hydrogen (secondary N) is 1. The zero-order chi connectivity index (χ0) is 16.8. The molecular formula is C15H20N4O4. The lowest BCUT2D eigenvalue weighted by atomic mass is 10.2. The molecule has 1 heterocycles. The normalized spacial score (nSPS) is 16.8. The van der Waals surface area contributed by atoms with E-state index in [0.29, 0.717) is 25.1 Å². The van der Waals surface area contributed by atoms with E-state index in [1.54, 1.807) is 24.3 Å². The Morgan fingerprint density at radius 1 is 1.35 bits per heavy atom. The Bertz CT molecular complexity index is 578. The number of para-hydroxylation sites is 1. The number of benzene rings is 1. The number of methoxy groups -OCH3 is 1. The first kappa shape index (κ1) is 16.8. The number of ether oxygens (including phenoxy) is 1. The third-order valence-electron chi connectivity index (χ3n) is 3.70. The highest BCUT2D eigenvalue weighted by Gasteiger charge is 2.36. The number of nitrogens with two attached hydrogens (primary N) is 1. The molecule has 2 rings (SSSR count). The fourth-order valence-electron chi connectivity index (χ4n) is 2.52. The van der Waals surface area contributed by atoms with Crippen molar-refractivity contribution in [2.45, 2.75) is 18.9 Å². The minimum absolute atomic E-state index is 0.216. The van der Waals surface area contributed by atoms with Crippen LogP contribution in [0.1, 0.15) is 12.8 Å². The summed E-state index contributed by atoms with van der Waals surface area (Å²) in [7, 11) is 1.22. The van der Waals surface area contributed by atoms with Crippen molar-refractivity contribution in [1.29, 1.82) is 0 Å². The maximum atomic E-state index is 12.5. The molecule has 0 spiro atoms. The van der Waals surface area contributed by atoms with E-state index in [0.717, 1.165) is 5.01 Å². The van der Waals surface area contributed by atoms with Gasteiger partial charge in [0.1, 0.15) is 12.6 Å². The van der Waals surface area contributed by atoms with Crippen molar-refractivity contribution in [3.63, 3.8) is 0 Å². The van der Waals surface area contributed by atoms with Crippen LogP contribution in [0.4, 0.5) is 10.5 Å². The SMILES string of the molecule is COC(=O)NCC(=O)N1CCC[C@H]1C(=O)N(N)c1ccccc1. The largest absolute Gasteiger partial charge is 0.453 e. The van der Waals surface area contributed by atoms with Crippen LogP contribution in [0.5, 0.6) is 0 Å². The average Bonchev–Trinajstić information content (AvgIpc) is 3.08. The standard InChI is InChI=1S/C15H20N4O4/c1-23-15(22)17-10-13(20)18-9-5-8-12(18)14(21)19(16)11-6-3-2-4-7-11/h2-4,6-7,12H,5,8-10,16H2,1H3,(H,17,22)/t12-/m0/s1. The zero-order valence-electron chi connectivity index (χ0n) is 12.9. The number of likely N-dealkylation sites (tertiary alicyclic amines) is 1. The van der Waals surface area contributed by atoms with Crippen LogP contribution in [0.25, 0.3) is 0 Å². The number of hydrogen-bond acceptors (Lipinski definition) is 5. The highest BCUT2D eigenvalue weighted by Crippen LogP contribution is 2.21. The minimum Gasteiger partial charge on any atom is -0.453 e. The van der Waals surface area contributed by atoms with Gasteiger partial charge >= 0.3 is 6.09 Å². The molecule has 23 heavy (non-hydrogen) atoms. The van der Waals surface area contributed by atoms with Gasteiger partial charge in [0, 0.05) is 6.54 Å². The van der Waals surface area contributed by atoms with Crippen molar-refractivity contribution < 1.29 is 19.1 Å². The molecule has 8 nitrogen and oxygen atoms in total. The number of rotatable bonds is 4. The first-order valence-electron chi connectivity index (χ1n) is 7.29. The van der Waals surface area contributed by atoms with E-state index in [9.17, 15) is 14.4 Å². The van der Waals surface area contributed by atoms with Gasteiger partial charge in [-0.1, -0.05) is 18.2 Å². The number of hydrazine groups is 1. The van der Waals surface area contributed by atoms with E-state index in [1.165, 1.54) is 12.0 Å². The molecule has 0 radical (unpaired) electrons. The first-order valence-corrected chi connectivity index (χ1v) is 7.29. The number of carbonyl (C=O) groups is 3. The van der Waals surface area contributed by atoms with Gasteiger partial charge < -0.3 is 15.0 Å². The van der Waals surface area contributed by atoms with Crippen molar-refractivity contribution in [2.24, 2.45) is 5.84 Å². The lowest BCUT2D eigenvalue weighted by Crippen LogP contribution is -2.52. The van der Waals surface area contributed by atoms with E-state index in [-0.39, 0.29) is 18.4 Å². The topological polar surface area (TPSA) is 105 Å². The molecule has 124 valence electrons. The van der Waals surface area contributed by atoms with Crippen LogP contribution in [0.2, 0.25) is 0 Å². The first-order chi connectivity index (χ1) is 11.0. The molecule has 1 aliphatic rings. The van der Waals surface area contributed by atoms with Gasteiger partial charge in [0.15, 0.2) is 0 Å². The molecule has 1 saturated heterocycles. The second kappa shape index (κ2) is 7.59. The summed E-state index contributed by atoms with van der Waals surface area (Å²) in [6, 6.07) is 8.20. The van der Waals surface area contributed by atoms with Crippen molar-refractivity contribution >= 4 is 23.6 Å². The zero-order valence-corrected chi connectivity index (χ0v) is 12.9. The van der Waals surface area contributed by atoms with Crippen LogP contribution >= 0.6 is 0 Å². The smallest absolute Gasteiger partial charge is 0.407 e. The van der Waals surface area contributed by atoms with Crippen molar-refractivity contribution in [1.82, 2.24) is 10.2 Å². The molecular weight excluding hydrogens is 300 g/mol. The van der Waals surface area contributed by atoms with Gasteiger partial charge in [0.05, 0.1) is 12.8 Å². The fourth-order valence-corrected chi connectivity index (χ4v) is 2.52. The minimum atomic E-state index is -0.690. The second-order valence-corrected chi connectivity index (χ2v) is 5.13. The van der Waals surface area contributed by atoms with Crippen LogP contribution in [-0.4, -0.2) is 49.0 Å². The van der Waals surface area contributed by atoms with Crippen molar-refractivity contribution in [3.05, 3.63) is 30.3 Å². The quantitative estimate of drug-likeness (QED) is 0.470. The van der Waals surface area contributed by atoms with Gasteiger partial charge in [-0.05, 0) is 25.0 Å². The number of anilines is 1. The molecule has 0 saturated carbocycles. The summed E-state index contributed by atoms with van der Waals surface area (Å²) in [6.07, 6.45) is 0.567. The average molecular weight is 320 g/mol. The third kappa shape index (κ3) is 3.98. The number of carbonyl (C=O) groups excluding carboxylic acids is 3. The molecule has 1 aliphatic heterocycles. The lowest BCUT2D eigenvalue weighted by Gasteiger charge is -2.27. The summed E-state index contributed by atoms with van der Waals surface area (Å²) >= 11 is 0. The van der Waals surface area contributed by atoms with Gasteiger partial charge in [-0.3, -0.25) is 9.59 Å². The summed E-state index contributed by atoms with van der Waals surface area (Å²) in [5.41, 5.74) is 0.560. The predicted octanol–water partition coefficient (Wildman–Crippen LogP) is 0.240. The van der Waals surface area contributed by atoms with E-state index in [4.69, 9.17) is 5.84 Å². The van der Waals surface area contributed by atoms with E-state index in [2.05, 4.69) is 10.1 Å². The summed E-state index contributed by atoms with van der Waals surface area (Å²) in [6.45, 7) is 0.243. The summed E-state index contributed by atoms with van der Waals surface area (Å²) < 4.78 is 4.42. The van der Waals surface area contributed by atoms with Gasteiger partial charge in [-0.25, -0.2) is 15.6 Å². The van der Waals surface area contributed by atoms with E-state index in [1.807, 2.05) is 6.07 Å². The molecule has 1 atom stereocenters. The Morgan fingerprint density at radius 3 is 2.70 bits per heavy atom. The molecule has 0 unspecified atom stereocenters. The molecule has 1 aromatic rings. The molecule has 3 amide bonds. The summed E-state index contributed by atoms with van der Waals surface area (Å²) in [5.74, 6) is 5.19. The van der Waals surface area contributed by atoms with Crippen LogP contribution in [0.3, 0.4) is 0 Å². The predicted molar refractivity (Wildman–Crippen MR) is 83.3 cm³/mol. The highest BCUT2D eigenvalue weighted by atomic mass is 16.5. The van der Waals surface area contributed by atoms with Gasteiger partial charge in [0.2, 0.25) is 5.91 Å². The van der Waals surface area contributed by atoms with Crippen LogP contribution in [-0.2, 0) is 14.3 Å². The van der Waals surface area contributed by atoms with E-state index >= 15 is 0 Å². The molecule has 0 bridgehead atoms. The van der Waals surface area contributed by atoms with E-state index < -0.39 is 12.1 Å². The van der Waals surface area contributed by atoms with Crippen LogP contribution < -0.4 is 16.2 Å². The maximum absolute atomic E-state index is 12.5. The van der Waals surface area contributed by atoms with Crippen molar-refractivity contribution in [2.75, 3.05) is 25.2 Å². The van der Waals surface area contributed by atoms with Crippen LogP contribution in [0.15, 0.2) is 30.3 Å². The Balaban J connectivity index is 2.01. The molecule has 1 aromatic carbocycles. The number of amides is 3. The Morgan fingerprint density at radius 2 is 2.04 bits per heavy atom. The fraction of sp³-hybridized carbons (Fsp3) is 0.400. The molecule has 0 aromatic heterocycles. The van der Waals surface area contributed by atoms with Gasteiger partial charge in [-0.15, -0.1) is 0 Å². The monoisotopic (exact) mass is 320 g/mol. The summed E-state index contributed by atoms with van der Waals surface area (Å²) in [4.78, 5) is 37.2. The third-order valence-corrected chi connectivity index (χ3v) is 3.70. The summed E-state index contributed by atoms with van der Waals surface area (Å²) in [5, 5.41) is 3.38.